The number of piperazine rings is 1. The highest BCUT2D eigenvalue weighted by atomic mass is 16.3. The summed E-state index contributed by atoms with van der Waals surface area (Å²) < 4.78 is 0. The summed E-state index contributed by atoms with van der Waals surface area (Å²) >= 11 is 0. The number of nitrogens with one attached hydrogen (secondary N) is 2. The van der Waals surface area contributed by atoms with Crippen LogP contribution in [0, 0.1) is 5.92 Å². The summed E-state index contributed by atoms with van der Waals surface area (Å²) in [7, 11) is 0. The van der Waals surface area contributed by atoms with Crippen LogP contribution in [0.4, 0.5) is 0 Å². The average Bonchev–Trinajstić information content (AvgIpc) is 2.28. The molecule has 1 fully saturated rings. The summed E-state index contributed by atoms with van der Waals surface area (Å²) in [5.74, 6) is -0.113. The third-order valence-corrected chi connectivity index (χ3v) is 3.08. The molecule has 92 valence electrons. The zero-order valence-corrected chi connectivity index (χ0v) is 9.82. The van der Waals surface area contributed by atoms with Gasteiger partial charge in [0.25, 0.3) is 0 Å². The molecule has 1 saturated heterocycles. The molecule has 2 amide bonds. The summed E-state index contributed by atoms with van der Waals surface area (Å²) in [4.78, 5) is 23.4. The first-order valence-corrected chi connectivity index (χ1v) is 5.81. The lowest BCUT2D eigenvalue weighted by atomic mass is 9.95. The van der Waals surface area contributed by atoms with E-state index in [1.54, 1.807) is 0 Å². The average molecular weight is 228 g/mol. The van der Waals surface area contributed by atoms with Crippen molar-refractivity contribution < 1.29 is 14.7 Å². The molecule has 0 saturated carbocycles. The lowest BCUT2D eigenvalue weighted by Crippen LogP contribution is -2.63. The van der Waals surface area contributed by atoms with E-state index in [4.69, 9.17) is 5.11 Å². The summed E-state index contributed by atoms with van der Waals surface area (Å²) in [5, 5.41) is 14.1. The predicted molar refractivity (Wildman–Crippen MR) is 59.6 cm³/mol. The van der Waals surface area contributed by atoms with Crippen molar-refractivity contribution in [3.63, 3.8) is 0 Å². The van der Waals surface area contributed by atoms with Gasteiger partial charge in [-0.2, -0.15) is 0 Å². The lowest BCUT2D eigenvalue weighted by Gasteiger charge is -2.32. The largest absolute Gasteiger partial charge is 0.396 e. The normalized spacial score (nSPS) is 27.2. The molecule has 0 radical (unpaired) electrons. The quantitative estimate of drug-likeness (QED) is 0.609. The molecule has 5 heteroatoms. The molecule has 0 unspecified atom stereocenters. The Bertz CT molecular complexity index is 268. The van der Waals surface area contributed by atoms with Crippen molar-refractivity contribution in [1.29, 1.82) is 0 Å². The second-order valence-electron chi connectivity index (χ2n) is 4.30. The zero-order valence-electron chi connectivity index (χ0n) is 9.82. The highest BCUT2D eigenvalue weighted by molar-refractivity contribution is 5.97. The fourth-order valence-corrected chi connectivity index (χ4v) is 1.78. The minimum Gasteiger partial charge on any atom is -0.396 e. The molecule has 0 aromatic rings. The number of aliphatic hydroxyl groups is 1. The van der Waals surface area contributed by atoms with E-state index in [1.807, 2.05) is 13.8 Å². The molecular formula is C11H20N2O3. The van der Waals surface area contributed by atoms with E-state index >= 15 is 0 Å². The summed E-state index contributed by atoms with van der Waals surface area (Å²) in [6, 6.07) is -0.900. The van der Waals surface area contributed by atoms with Crippen molar-refractivity contribution in [1.82, 2.24) is 10.6 Å². The van der Waals surface area contributed by atoms with Gasteiger partial charge in [0.2, 0.25) is 11.8 Å². The third-order valence-electron chi connectivity index (χ3n) is 3.08. The van der Waals surface area contributed by atoms with Crippen LogP contribution < -0.4 is 10.6 Å². The number of rotatable bonds is 5. The molecule has 0 aliphatic carbocycles. The van der Waals surface area contributed by atoms with Gasteiger partial charge >= 0.3 is 0 Å². The molecule has 3 atom stereocenters. The van der Waals surface area contributed by atoms with Crippen LogP contribution in [0.15, 0.2) is 0 Å². The second kappa shape index (κ2) is 5.84. The summed E-state index contributed by atoms with van der Waals surface area (Å²) in [5.41, 5.74) is 0. The Morgan fingerprint density at radius 1 is 1.31 bits per heavy atom. The molecule has 1 heterocycles. The van der Waals surface area contributed by atoms with Crippen molar-refractivity contribution in [2.75, 3.05) is 6.61 Å². The molecule has 3 N–H and O–H groups in total. The standard InChI is InChI=1S/C11H20N2O3/c1-3-7(2)9-11(16)12-8(5-4-6-14)10(15)13-9/h7-9,14H,3-6H2,1-2H3,(H,12,16)(H,13,15)/t7-,8-,9-/m0/s1. The number of hydrogen-bond acceptors (Lipinski definition) is 3. The van der Waals surface area contributed by atoms with Gasteiger partial charge in [0.15, 0.2) is 0 Å². The van der Waals surface area contributed by atoms with Gasteiger partial charge < -0.3 is 15.7 Å². The molecule has 5 nitrogen and oxygen atoms in total. The van der Waals surface area contributed by atoms with Crippen LogP contribution in [-0.2, 0) is 9.59 Å². The van der Waals surface area contributed by atoms with E-state index in [0.29, 0.717) is 12.8 Å². The van der Waals surface area contributed by atoms with E-state index in [9.17, 15) is 9.59 Å². The monoisotopic (exact) mass is 228 g/mol. The first kappa shape index (κ1) is 13.0. The van der Waals surface area contributed by atoms with Crippen LogP contribution in [0.3, 0.4) is 0 Å². The first-order chi connectivity index (χ1) is 7.60. The van der Waals surface area contributed by atoms with Crippen molar-refractivity contribution in [3.8, 4) is 0 Å². The van der Waals surface area contributed by atoms with E-state index < -0.39 is 12.1 Å². The van der Waals surface area contributed by atoms with Crippen LogP contribution >= 0.6 is 0 Å². The molecule has 1 aliphatic rings. The van der Waals surface area contributed by atoms with Crippen molar-refractivity contribution in [3.05, 3.63) is 0 Å². The number of carbonyl (C=O) groups excluding carboxylic acids is 2. The van der Waals surface area contributed by atoms with Gasteiger partial charge in [0.1, 0.15) is 12.1 Å². The molecule has 0 aromatic heterocycles. The fraction of sp³-hybridized carbons (Fsp3) is 0.818. The topological polar surface area (TPSA) is 78.4 Å². The molecule has 0 spiro atoms. The molecule has 1 rings (SSSR count). The summed E-state index contributed by atoms with van der Waals surface area (Å²) in [6.07, 6.45) is 1.85. The van der Waals surface area contributed by atoms with Gasteiger partial charge in [-0.05, 0) is 18.8 Å². The SMILES string of the molecule is CC[C@H](C)[C@@H]1NC(=O)[C@H](CCCO)NC1=O. The van der Waals surface area contributed by atoms with E-state index in [2.05, 4.69) is 10.6 Å². The van der Waals surface area contributed by atoms with Gasteiger partial charge in [-0.25, -0.2) is 0 Å². The maximum Gasteiger partial charge on any atom is 0.243 e. The van der Waals surface area contributed by atoms with Gasteiger partial charge in [-0.1, -0.05) is 20.3 Å². The van der Waals surface area contributed by atoms with Crippen LogP contribution in [0.5, 0.6) is 0 Å². The molecule has 0 bridgehead atoms. The number of carbonyl (C=O) groups is 2. The van der Waals surface area contributed by atoms with Crippen LogP contribution in [0.1, 0.15) is 33.1 Å². The smallest absolute Gasteiger partial charge is 0.243 e. The Morgan fingerprint density at radius 2 is 2.00 bits per heavy atom. The lowest BCUT2D eigenvalue weighted by molar-refractivity contribution is -0.138. The maximum atomic E-state index is 11.7. The van der Waals surface area contributed by atoms with Crippen molar-refractivity contribution >= 4 is 11.8 Å². The first-order valence-electron chi connectivity index (χ1n) is 5.81. The molecular weight excluding hydrogens is 208 g/mol. The molecule has 0 aromatic carbocycles. The third kappa shape index (κ3) is 2.95. The zero-order chi connectivity index (χ0) is 12.1. The minimum absolute atomic E-state index is 0.0362. The van der Waals surface area contributed by atoms with E-state index in [-0.39, 0.29) is 24.3 Å². The number of amides is 2. The minimum atomic E-state index is -0.486. The van der Waals surface area contributed by atoms with Crippen molar-refractivity contribution in [2.24, 2.45) is 5.92 Å². The molecule has 1 aliphatic heterocycles. The number of aliphatic hydroxyl groups excluding tert-OH is 1. The maximum absolute atomic E-state index is 11.7. The van der Waals surface area contributed by atoms with Gasteiger partial charge in [0.05, 0.1) is 0 Å². The van der Waals surface area contributed by atoms with Gasteiger partial charge in [0, 0.05) is 6.61 Å². The Labute approximate surface area is 95.6 Å². The van der Waals surface area contributed by atoms with Crippen LogP contribution in [-0.4, -0.2) is 35.6 Å². The van der Waals surface area contributed by atoms with E-state index in [0.717, 1.165) is 6.42 Å². The molecule has 16 heavy (non-hydrogen) atoms. The Balaban J connectivity index is 2.56. The van der Waals surface area contributed by atoms with E-state index in [1.165, 1.54) is 0 Å². The van der Waals surface area contributed by atoms with Crippen LogP contribution in [0.25, 0.3) is 0 Å². The van der Waals surface area contributed by atoms with Crippen molar-refractivity contribution in [2.45, 2.75) is 45.2 Å². The van der Waals surface area contributed by atoms with Crippen LogP contribution in [0.2, 0.25) is 0 Å². The summed E-state index contributed by atoms with van der Waals surface area (Å²) in [6.45, 7) is 3.97. The van der Waals surface area contributed by atoms with Gasteiger partial charge in [-0.3, -0.25) is 9.59 Å². The Hall–Kier alpha value is -1.10. The highest BCUT2D eigenvalue weighted by Gasteiger charge is 2.35. The predicted octanol–water partition coefficient (Wildman–Crippen LogP) is -0.212. The van der Waals surface area contributed by atoms with Gasteiger partial charge in [-0.15, -0.1) is 0 Å². The Kier molecular flexibility index (Phi) is 4.73. The highest BCUT2D eigenvalue weighted by Crippen LogP contribution is 2.12. The Morgan fingerprint density at radius 3 is 2.56 bits per heavy atom. The second-order valence-corrected chi connectivity index (χ2v) is 4.30. The number of hydrogen-bond donors (Lipinski definition) is 3. The fourth-order valence-electron chi connectivity index (χ4n) is 1.78.